The maximum atomic E-state index is 4.74. The molecule has 3 aromatic rings. The lowest BCUT2D eigenvalue weighted by Gasteiger charge is -2.64. The molecule has 4 nitrogen and oxygen atoms in total. The quantitative estimate of drug-likeness (QED) is 0.410. The highest BCUT2D eigenvalue weighted by Gasteiger charge is 2.67. The Balaban J connectivity index is 1.30. The van der Waals surface area contributed by atoms with Crippen molar-refractivity contribution in [2.45, 2.75) is 72.3 Å². The molecule has 0 radical (unpaired) electrons. The average molecular weight is 455 g/mol. The van der Waals surface area contributed by atoms with Gasteiger partial charge in [-0.25, -0.2) is 9.97 Å². The largest absolute Gasteiger partial charge is 0.334 e. The van der Waals surface area contributed by atoms with E-state index in [0.29, 0.717) is 22.8 Å². The summed E-state index contributed by atoms with van der Waals surface area (Å²) in [5, 5.41) is 0. The lowest BCUT2D eigenvalue weighted by molar-refractivity contribution is -0.145. The first-order chi connectivity index (χ1) is 16.4. The predicted molar refractivity (Wildman–Crippen MR) is 137 cm³/mol. The monoisotopic (exact) mass is 454 g/mol. The molecular weight excluding hydrogens is 416 g/mol. The number of para-hydroxylation sites is 2. The maximum absolute atomic E-state index is 4.74. The van der Waals surface area contributed by atoms with Gasteiger partial charge < -0.3 is 9.13 Å². The van der Waals surface area contributed by atoms with Crippen LogP contribution in [0.25, 0.3) is 16.7 Å². The average Bonchev–Trinajstić information content (AvgIpc) is 3.61. The van der Waals surface area contributed by atoms with E-state index in [1.807, 2.05) is 6.20 Å². The highest BCUT2D eigenvalue weighted by molar-refractivity contribution is 5.80. The van der Waals surface area contributed by atoms with Crippen LogP contribution in [-0.2, 0) is 0 Å². The molecule has 0 saturated heterocycles. The third-order valence-electron chi connectivity index (χ3n) is 11.9. The summed E-state index contributed by atoms with van der Waals surface area (Å²) in [5.74, 6) is 3.06. The molecule has 34 heavy (non-hydrogen) atoms. The Labute approximate surface area is 203 Å². The first-order valence-corrected chi connectivity index (χ1v) is 13.5. The number of benzene rings is 1. The van der Waals surface area contributed by atoms with Crippen molar-refractivity contribution >= 4 is 16.7 Å². The van der Waals surface area contributed by atoms with Gasteiger partial charge in [0.2, 0.25) is 0 Å². The number of imidazole rings is 2. The molecule has 0 aliphatic heterocycles. The van der Waals surface area contributed by atoms with Crippen LogP contribution in [0.3, 0.4) is 0 Å². The summed E-state index contributed by atoms with van der Waals surface area (Å²) in [5.41, 5.74) is 4.81. The van der Waals surface area contributed by atoms with Crippen molar-refractivity contribution in [1.82, 2.24) is 19.1 Å². The Morgan fingerprint density at radius 1 is 1.00 bits per heavy atom. The van der Waals surface area contributed by atoms with Crippen molar-refractivity contribution in [3.8, 4) is 0 Å². The Morgan fingerprint density at radius 2 is 1.85 bits per heavy atom. The minimum atomic E-state index is 0.221. The highest BCUT2D eigenvalue weighted by atomic mass is 15.1. The zero-order chi connectivity index (χ0) is 23.3. The Morgan fingerprint density at radius 3 is 2.68 bits per heavy atom. The normalized spacial score (nSPS) is 43.4. The lowest BCUT2D eigenvalue weighted by atomic mass is 9.42. The van der Waals surface area contributed by atoms with Gasteiger partial charge in [-0.15, -0.1) is 0 Å². The molecule has 0 amide bonds. The van der Waals surface area contributed by atoms with Crippen molar-refractivity contribution in [1.29, 1.82) is 0 Å². The standard InChI is InChI=1S/C30H38N4/c1-20-11-14-29(3)23-12-13-28(2)22(21(23)17-27(30(20,29)4)33-16-15-31-18-33)9-10-26(28)34-19-32-24-7-5-6-8-25(24)34/h5-8,10,15-16,18-23,27H,9,11-14,17H2,1-4H3/t20?,21?,22?,23?,27-,28+,29-,30?/m1/s1. The van der Waals surface area contributed by atoms with E-state index in [2.05, 4.69) is 91.0 Å². The van der Waals surface area contributed by atoms with Crippen LogP contribution >= 0.6 is 0 Å². The Hall–Kier alpha value is -2.36. The van der Waals surface area contributed by atoms with Gasteiger partial charge in [0.15, 0.2) is 0 Å². The molecule has 5 unspecified atom stereocenters. The Bertz CT molecular complexity index is 1270. The van der Waals surface area contributed by atoms with E-state index in [-0.39, 0.29) is 5.41 Å². The van der Waals surface area contributed by atoms with Gasteiger partial charge in [0.25, 0.3) is 0 Å². The third-order valence-corrected chi connectivity index (χ3v) is 11.9. The molecule has 4 heteroatoms. The second-order valence-electron chi connectivity index (χ2n) is 12.7. The topological polar surface area (TPSA) is 35.6 Å². The van der Waals surface area contributed by atoms with Crippen LogP contribution < -0.4 is 0 Å². The smallest absolute Gasteiger partial charge is 0.100 e. The van der Waals surface area contributed by atoms with Crippen molar-refractivity contribution in [3.63, 3.8) is 0 Å². The molecule has 1 aromatic carbocycles. The molecular formula is C30H38N4. The van der Waals surface area contributed by atoms with Gasteiger partial charge in [0, 0.05) is 29.5 Å². The fraction of sp³-hybridized carbons (Fsp3) is 0.600. The maximum Gasteiger partial charge on any atom is 0.100 e. The summed E-state index contributed by atoms with van der Waals surface area (Å²) in [6, 6.07) is 9.15. The number of hydrogen-bond donors (Lipinski definition) is 0. The first-order valence-electron chi connectivity index (χ1n) is 13.5. The van der Waals surface area contributed by atoms with E-state index < -0.39 is 0 Å². The van der Waals surface area contributed by atoms with Crippen molar-refractivity contribution < 1.29 is 0 Å². The van der Waals surface area contributed by atoms with Gasteiger partial charge in [-0.05, 0) is 85.2 Å². The van der Waals surface area contributed by atoms with Gasteiger partial charge in [-0.2, -0.15) is 0 Å². The summed E-state index contributed by atoms with van der Waals surface area (Å²) in [4.78, 5) is 9.23. The fourth-order valence-corrected chi connectivity index (χ4v) is 9.81. The molecule has 2 aromatic heterocycles. The van der Waals surface area contributed by atoms with Gasteiger partial charge >= 0.3 is 0 Å². The predicted octanol–water partition coefficient (Wildman–Crippen LogP) is 7.21. The molecule has 2 heterocycles. The summed E-state index contributed by atoms with van der Waals surface area (Å²) >= 11 is 0. The SMILES string of the molecule is CC1CC[C@]2(C)C3CC[C@]4(C)C(n5cnc6ccccc65)=CCC4C3C[C@@H](n3ccnc3)C12C. The van der Waals surface area contributed by atoms with E-state index in [0.717, 1.165) is 23.3 Å². The van der Waals surface area contributed by atoms with Crippen molar-refractivity contribution in [2.24, 2.45) is 39.9 Å². The van der Waals surface area contributed by atoms with Gasteiger partial charge in [-0.3, -0.25) is 0 Å². The van der Waals surface area contributed by atoms with Gasteiger partial charge in [0.05, 0.1) is 17.4 Å². The summed E-state index contributed by atoms with van der Waals surface area (Å²) < 4.78 is 4.89. The number of aromatic nitrogens is 4. The Kier molecular flexibility index (Phi) is 4.23. The second-order valence-corrected chi connectivity index (χ2v) is 12.7. The van der Waals surface area contributed by atoms with Crippen LogP contribution in [0, 0.1) is 39.9 Å². The second kappa shape index (κ2) is 6.86. The number of hydrogen-bond acceptors (Lipinski definition) is 2. The van der Waals surface area contributed by atoms with E-state index in [1.165, 1.54) is 49.7 Å². The van der Waals surface area contributed by atoms with E-state index in [1.54, 1.807) is 0 Å². The summed E-state index contributed by atoms with van der Waals surface area (Å²) in [7, 11) is 0. The molecule has 0 spiro atoms. The molecule has 0 bridgehead atoms. The summed E-state index contributed by atoms with van der Waals surface area (Å²) in [6.45, 7) is 10.4. The fourth-order valence-electron chi connectivity index (χ4n) is 9.81. The van der Waals surface area contributed by atoms with Crippen LogP contribution in [0.5, 0.6) is 0 Å². The van der Waals surface area contributed by atoms with Gasteiger partial charge in [-0.1, -0.05) is 45.9 Å². The minimum absolute atomic E-state index is 0.221. The highest BCUT2D eigenvalue weighted by Crippen LogP contribution is 2.74. The molecule has 7 rings (SSSR count). The van der Waals surface area contributed by atoms with Crippen molar-refractivity contribution in [2.75, 3.05) is 0 Å². The van der Waals surface area contributed by atoms with E-state index in [4.69, 9.17) is 4.98 Å². The molecule has 3 saturated carbocycles. The molecule has 3 fully saturated rings. The minimum Gasteiger partial charge on any atom is -0.334 e. The van der Waals surface area contributed by atoms with Gasteiger partial charge in [0.1, 0.15) is 6.33 Å². The number of allylic oxidation sites excluding steroid dienone is 2. The molecule has 4 aliphatic carbocycles. The van der Waals surface area contributed by atoms with Crippen LogP contribution in [0.4, 0.5) is 0 Å². The van der Waals surface area contributed by atoms with Crippen LogP contribution in [-0.4, -0.2) is 19.1 Å². The van der Waals surface area contributed by atoms with Crippen molar-refractivity contribution in [3.05, 3.63) is 55.4 Å². The van der Waals surface area contributed by atoms with Crippen LogP contribution in [0.2, 0.25) is 0 Å². The lowest BCUT2D eigenvalue weighted by Crippen LogP contribution is -2.58. The van der Waals surface area contributed by atoms with Crippen LogP contribution in [0.15, 0.2) is 55.4 Å². The molecule has 8 atom stereocenters. The first kappa shape index (κ1) is 21.0. The zero-order valence-corrected chi connectivity index (χ0v) is 21.1. The number of nitrogens with zero attached hydrogens (tertiary/aromatic N) is 4. The number of rotatable bonds is 2. The zero-order valence-electron chi connectivity index (χ0n) is 21.1. The van der Waals surface area contributed by atoms with E-state index >= 15 is 0 Å². The summed E-state index contributed by atoms with van der Waals surface area (Å²) in [6.07, 6.45) is 18.9. The molecule has 4 aliphatic rings. The van der Waals surface area contributed by atoms with E-state index in [9.17, 15) is 0 Å². The molecule has 0 N–H and O–H groups in total. The number of fused-ring (bicyclic) bond motifs is 6. The van der Waals surface area contributed by atoms with Crippen LogP contribution in [0.1, 0.15) is 72.3 Å². The molecule has 178 valence electrons. The third kappa shape index (κ3) is 2.40.